The van der Waals surface area contributed by atoms with Crippen molar-refractivity contribution in [3.63, 3.8) is 0 Å². The van der Waals surface area contributed by atoms with Gasteiger partial charge in [-0.25, -0.2) is 4.39 Å². The summed E-state index contributed by atoms with van der Waals surface area (Å²) in [7, 11) is 0. The van der Waals surface area contributed by atoms with Crippen molar-refractivity contribution in [3.05, 3.63) is 35.6 Å². The highest BCUT2D eigenvalue weighted by molar-refractivity contribution is 5.17. The average molecular weight is 222 g/mol. The van der Waals surface area contributed by atoms with E-state index in [0.29, 0.717) is 6.04 Å². The summed E-state index contributed by atoms with van der Waals surface area (Å²) < 4.78 is 13.3. The van der Waals surface area contributed by atoms with E-state index in [4.69, 9.17) is 0 Å². The third-order valence-electron chi connectivity index (χ3n) is 3.08. The van der Waals surface area contributed by atoms with Crippen molar-refractivity contribution in [3.8, 4) is 0 Å². The van der Waals surface area contributed by atoms with Crippen LogP contribution in [0.2, 0.25) is 0 Å². The highest BCUT2D eigenvalue weighted by atomic mass is 19.1. The minimum Gasteiger partial charge on any atom is -0.315 e. The van der Waals surface area contributed by atoms with Crippen molar-refractivity contribution in [2.45, 2.75) is 25.3 Å². The molecule has 1 aliphatic heterocycles. The monoisotopic (exact) mass is 222 g/mol. The van der Waals surface area contributed by atoms with Crippen molar-refractivity contribution < 1.29 is 4.39 Å². The second-order valence-electron chi connectivity index (χ2n) is 4.34. The smallest absolute Gasteiger partial charge is 0.126 e. The highest BCUT2D eigenvalue weighted by Crippen LogP contribution is 2.06. The third kappa shape index (κ3) is 3.29. The lowest BCUT2D eigenvalue weighted by molar-refractivity contribution is 0.532. The molecule has 1 unspecified atom stereocenters. The molecule has 1 aromatic rings. The van der Waals surface area contributed by atoms with Crippen LogP contribution in [0.4, 0.5) is 4.39 Å². The van der Waals surface area contributed by atoms with Crippen LogP contribution >= 0.6 is 0 Å². The van der Waals surface area contributed by atoms with E-state index in [1.54, 1.807) is 6.07 Å². The van der Waals surface area contributed by atoms with Crippen LogP contribution in [0.25, 0.3) is 0 Å². The van der Waals surface area contributed by atoms with Gasteiger partial charge in [0.1, 0.15) is 5.82 Å². The standard InChI is InChI=1S/C13H19FN2/c14-13-6-2-1-4-11(13)7-9-15-10-12-5-3-8-16-12/h1-2,4,6,12,15-16H,3,5,7-10H2. The van der Waals surface area contributed by atoms with Gasteiger partial charge in [0.15, 0.2) is 0 Å². The Hall–Kier alpha value is -0.930. The molecular weight excluding hydrogens is 203 g/mol. The average Bonchev–Trinajstić information content (AvgIpc) is 2.79. The number of rotatable bonds is 5. The van der Waals surface area contributed by atoms with E-state index in [-0.39, 0.29) is 5.82 Å². The molecule has 0 saturated carbocycles. The number of benzene rings is 1. The fourth-order valence-electron chi connectivity index (χ4n) is 2.13. The molecule has 0 aromatic heterocycles. The van der Waals surface area contributed by atoms with Gasteiger partial charge in [0.2, 0.25) is 0 Å². The molecule has 1 atom stereocenters. The molecule has 0 bridgehead atoms. The first-order valence-corrected chi connectivity index (χ1v) is 6.04. The highest BCUT2D eigenvalue weighted by Gasteiger charge is 2.12. The predicted octanol–water partition coefficient (Wildman–Crippen LogP) is 1.71. The zero-order valence-corrected chi connectivity index (χ0v) is 9.51. The van der Waals surface area contributed by atoms with Crippen LogP contribution in [0.1, 0.15) is 18.4 Å². The molecule has 0 spiro atoms. The number of hydrogen-bond acceptors (Lipinski definition) is 2. The molecule has 1 aliphatic rings. The topological polar surface area (TPSA) is 24.1 Å². The van der Waals surface area contributed by atoms with Crippen molar-refractivity contribution in [1.29, 1.82) is 0 Å². The van der Waals surface area contributed by atoms with Gasteiger partial charge >= 0.3 is 0 Å². The summed E-state index contributed by atoms with van der Waals surface area (Å²) in [6.45, 7) is 2.98. The van der Waals surface area contributed by atoms with Crippen molar-refractivity contribution in [2.24, 2.45) is 0 Å². The third-order valence-corrected chi connectivity index (χ3v) is 3.08. The molecule has 0 radical (unpaired) electrons. The maximum atomic E-state index is 13.3. The van der Waals surface area contributed by atoms with Gasteiger partial charge in [-0.05, 0) is 44.0 Å². The lowest BCUT2D eigenvalue weighted by atomic mass is 10.1. The first kappa shape index (κ1) is 11.6. The zero-order chi connectivity index (χ0) is 11.2. The molecule has 2 nitrogen and oxygen atoms in total. The Morgan fingerprint density at radius 3 is 3.00 bits per heavy atom. The predicted molar refractivity (Wildman–Crippen MR) is 64.0 cm³/mol. The molecule has 3 heteroatoms. The first-order chi connectivity index (χ1) is 7.86. The van der Waals surface area contributed by atoms with Crippen LogP contribution in [0.5, 0.6) is 0 Å². The lowest BCUT2D eigenvalue weighted by Gasteiger charge is -2.11. The van der Waals surface area contributed by atoms with Gasteiger partial charge in [-0.3, -0.25) is 0 Å². The van der Waals surface area contributed by atoms with Crippen LogP contribution < -0.4 is 10.6 Å². The number of nitrogens with one attached hydrogen (secondary N) is 2. The Kier molecular flexibility index (Phi) is 4.31. The second-order valence-corrected chi connectivity index (χ2v) is 4.34. The van der Waals surface area contributed by atoms with Gasteiger partial charge in [-0.2, -0.15) is 0 Å². The van der Waals surface area contributed by atoms with Crippen LogP contribution in [-0.2, 0) is 6.42 Å². The Morgan fingerprint density at radius 2 is 2.25 bits per heavy atom. The van der Waals surface area contributed by atoms with Gasteiger partial charge in [0.25, 0.3) is 0 Å². The van der Waals surface area contributed by atoms with E-state index in [1.807, 2.05) is 12.1 Å². The Labute approximate surface area is 96.2 Å². The summed E-state index contributed by atoms with van der Waals surface area (Å²) >= 11 is 0. The molecular formula is C13H19FN2. The number of halogens is 1. The van der Waals surface area contributed by atoms with Gasteiger partial charge in [0, 0.05) is 12.6 Å². The molecule has 88 valence electrons. The van der Waals surface area contributed by atoms with Gasteiger partial charge in [-0.1, -0.05) is 18.2 Å². The van der Waals surface area contributed by atoms with Gasteiger partial charge < -0.3 is 10.6 Å². The van der Waals surface area contributed by atoms with E-state index in [2.05, 4.69) is 10.6 Å². The van der Waals surface area contributed by atoms with E-state index < -0.39 is 0 Å². The fraction of sp³-hybridized carbons (Fsp3) is 0.538. The zero-order valence-electron chi connectivity index (χ0n) is 9.51. The molecule has 16 heavy (non-hydrogen) atoms. The largest absolute Gasteiger partial charge is 0.315 e. The number of hydrogen-bond donors (Lipinski definition) is 2. The lowest BCUT2D eigenvalue weighted by Crippen LogP contribution is -2.34. The summed E-state index contributed by atoms with van der Waals surface area (Å²) in [6.07, 6.45) is 3.30. The summed E-state index contributed by atoms with van der Waals surface area (Å²) in [5, 5.41) is 6.80. The Bertz CT molecular complexity index is 321. The first-order valence-electron chi connectivity index (χ1n) is 6.04. The Morgan fingerprint density at radius 1 is 1.38 bits per heavy atom. The van der Waals surface area contributed by atoms with E-state index in [1.165, 1.54) is 18.9 Å². The van der Waals surface area contributed by atoms with Crippen molar-refractivity contribution in [2.75, 3.05) is 19.6 Å². The van der Waals surface area contributed by atoms with Crippen LogP contribution in [0.15, 0.2) is 24.3 Å². The quantitative estimate of drug-likeness (QED) is 0.741. The molecule has 1 aromatic carbocycles. The molecule has 2 N–H and O–H groups in total. The summed E-state index contributed by atoms with van der Waals surface area (Å²) in [6, 6.07) is 7.60. The molecule has 0 aliphatic carbocycles. The van der Waals surface area contributed by atoms with Crippen LogP contribution in [0.3, 0.4) is 0 Å². The van der Waals surface area contributed by atoms with E-state index in [0.717, 1.165) is 31.6 Å². The maximum Gasteiger partial charge on any atom is 0.126 e. The summed E-state index contributed by atoms with van der Waals surface area (Å²) in [5.74, 6) is -0.0942. The molecule has 0 amide bonds. The summed E-state index contributed by atoms with van der Waals surface area (Å²) in [5.41, 5.74) is 0.800. The van der Waals surface area contributed by atoms with Crippen LogP contribution in [-0.4, -0.2) is 25.7 Å². The SMILES string of the molecule is Fc1ccccc1CCNCC1CCCN1. The van der Waals surface area contributed by atoms with Crippen molar-refractivity contribution >= 4 is 0 Å². The molecule has 1 heterocycles. The summed E-state index contributed by atoms with van der Waals surface area (Å²) in [4.78, 5) is 0. The normalized spacial score (nSPS) is 20.2. The molecule has 2 rings (SSSR count). The van der Waals surface area contributed by atoms with Gasteiger partial charge in [0.05, 0.1) is 0 Å². The minimum absolute atomic E-state index is 0.0942. The van der Waals surface area contributed by atoms with E-state index >= 15 is 0 Å². The van der Waals surface area contributed by atoms with Crippen LogP contribution in [0, 0.1) is 5.82 Å². The van der Waals surface area contributed by atoms with Gasteiger partial charge in [-0.15, -0.1) is 0 Å². The fourth-order valence-corrected chi connectivity index (χ4v) is 2.13. The minimum atomic E-state index is -0.0942. The molecule has 1 fully saturated rings. The van der Waals surface area contributed by atoms with Crippen molar-refractivity contribution in [1.82, 2.24) is 10.6 Å². The Balaban J connectivity index is 1.66. The molecule has 1 saturated heterocycles. The van der Waals surface area contributed by atoms with E-state index in [9.17, 15) is 4.39 Å². The second kappa shape index (κ2) is 5.97. The maximum absolute atomic E-state index is 13.3.